The molecular formula is C24H21F2N3O4S. The topological polar surface area (TPSA) is 77.2 Å². The number of aromatic nitrogens is 1. The molecule has 176 valence electrons. The van der Waals surface area contributed by atoms with Crippen LogP contribution in [0.3, 0.4) is 0 Å². The number of carbonyl (C=O) groups is 1. The molecule has 0 radical (unpaired) electrons. The number of hydrogen-bond acceptors (Lipinski definition) is 7. The molecule has 0 aliphatic carbocycles. The highest BCUT2D eigenvalue weighted by Gasteiger charge is 2.32. The Bertz CT molecular complexity index is 1220. The van der Waals surface area contributed by atoms with Gasteiger partial charge in [-0.2, -0.15) is 8.78 Å². The normalized spacial score (nSPS) is 14.8. The molecule has 1 aliphatic heterocycles. The first-order chi connectivity index (χ1) is 16.4. The Kier molecular flexibility index (Phi) is 6.97. The number of aryl methyl sites for hydroxylation is 2. The fourth-order valence-electron chi connectivity index (χ4n) is 3.30. The SMILES string of the molecule is COc1ccc(C=C2N=C(SCc3c(C)noc3C)N(c3ccc(OC(F)F)cc3)C2=O)cc1. The van der Waals surface area contributed by atoms with Gasteiger partial charge in [-0.1, -0.05) is 29.1 Å². The van der Waals surface area contributed by atoms with Crippen molar-refractivity contribution in [3.05, 3.63) is 76.8 Å². The van der Waals surface area contributed by atoms with Crippen LogP contribution in [-0.4, -0.2) is 30.0 Å². The van der Waals surface area contributed by atoms with Crippen LogP contribution in [0.4, 0.5) is 14.5 Å². The molecule has 0 unspecified atom stereocenters. The van der Waals surface area contributed by atoms with E-state index in [-0.39, 0.29) is 17.4 Å². The molecule has 0 saturated heterocycles. The minimum Gasteiger partial charge on any atom is -0.497 e. The van der Waals surface area contributed by atoms with Crippen molar-refractivity contribution >= 4 is 34.6 Å². The first-order valence-corrected chi connectivity index (χ1v) is 11.2. The minimum absolute atomic E-state index is 0.00116. The number of amides is 1. The van der Waals surface area contributed by atoms with Crippen LogP contribution in [0.2, 0.25) is 0 Å². The first-order valence-electron chi connectivity index (χ1n) is 10.2. The number of benzene rings is 2. The van der Waals surface area contributed by atoms with E-state index in [9.17, 15) is 13.6 Å². The van der Waals surface area contributed by atoms with Gasteiger partial charge in [-0.3, -0.25) is 9.69 Å². The maximum absolute atomic E-state index is 13.3. The molecule has 2 aromatic carbocycles. The molecule has 10 heteroatoms. The second-order valence-electron chi connectivity index (χ2n) is 7.30. The second kappa shape index (κ2) is 10.1. The summed E-state index contributed by atoms with van der Waals surface area (Å²) in [6.07, 6.45) is 1.69. The maximum Gasteiger partial charge on any atom is 0.387 e. The molecule has 1 aromatic heterocycles. The molecule has 0 spiro atoms. The van der Waals surface area contributed by atoms with Gasteiger partial charge in [0.25, 0.3) is 5.91 Å². The van der Waals surface area contributed by atoms with Crippen molar-refractivity contribution in [1.82, 2.24) is 5.16 Å². The van der Waals surface area contributed by atoms with Crippen molar-refractivity contribution in [3.63, 3.8) is 0 Å². The van der Waals surface area contributed by atoms with Crippen LogP contribution >= 0.6 is 11.8 Å². The van der Waals surface area contributed by atoms with E-state index in [1.807, 2.05) is 26.0 Å². The molecule has 2 heterocycles. The number of halogens is 2. The van der Waals surface area contributed by atoms with E-state index < -0.39 is 6.61 Å². The van der Waals surface area contributed by atoms with Gasteiger partial charge in [0.1, 0.15) is 23.0 Å². The van der Waals surface area contributed by atoms with Gasteiger partial charge < -0.3 is 14.0 Å². The van der Waals surface area contributed by atoms with Crippen molar-refractivity contribution in [2.75, 3.05) is 12.0 Å². The predicted molar refractivity (Wildman–Crippen MR) is 126 cm³/mol. The van der Waals surface area contributed by atoms with Crippen LogP contribution in [0, 0.1) is 13.8 Å². The number of anilines is 1. The average molecular weight is 486 g/mol. The number of aliphatic imine (C=N–C) groups is 1. The maximum atomic E-state index is 13.3. The van der Waals surface area contributed by atoms with Crippen LogP contribution in [0.5, 0.6) is 11.5 Å². The molecule has 34 heavy (non-hydrogen) atoms. The Morgan fingerprint density at radius 3 is 2.35 bits per heavy atom. The zero-order chi connectivity index (χ0) is 24.2. The molecule has 1 aliphatic rings. The number of methoxy groups -OCH3 is 1. The summed E-state index contributed by atoms with van der Waals surface area (Å²) in [6, 6.07) is 13.1. The van der Waals surface area contributed by atoms with Crippen molar-refractivity contribution in [1.29, 1.82) is 0 Å². The summed E-state index contributed by atoms with van der Waals surface area (Å²) >= 11 is 1.36. The number of amidine groups is 1. The molecule has 1 amide bonds. The molecule has 0 fully saturated rings. The van der Waals surface area contributed by atoms with E-state index in [0.29, 0.717) is 28.1 Å². The van der Waals surface area contributed by atoms with Gasteiger partial charge in [0.05, 0.1) is 18.5 Å². The van der Waals surface area contributed by atoms with Crippen LogP contribution in [0.1, 0.15) is 22.6 Å². The molecule has 3 aromatic rings. The number of thioether (sulfide) groups is 1. The van der Waals surface area contributed by atoms with Crippen LogP contribution in [0.25, 0.3) is 6.08 Å². The van der Waals surface area contributed by atoms with Gasteiger partial charge >= 0.3 is 6.61 Å². The number of rotatable bonds is 7. The van der Waals surface area contributed by atoms with Gasteiger partial charge in [-0.05, 0) is 61.9 Å². The van der Waals surface area contributed by atoms with E-state index in [4.69, 9.17) is 9.26 Å². The summed E-state index contributed by atoms with van der Waals surface area (Å²) in [5.41, 5.74) is 3.21. The number of hydrogen-bond donors (Lipinski definition) is 0. The molecule has 0 N–H and O–H groups in total. The smallest absolute Gasteiger partial charge is 0.387 e. The van der Waals surface area contributed by atoms with E-state index in [1.165, 1.54) is 40.9 Å². The second-order valence-corrected chi connectivity index (χ2v) is 8.24. The minimum atomic E-state index is -2.93. The Morgan fingerprint density at radius 1 is 1.09 bits per heavy atom. The Hall–Kier alpha value is -3.66. The zero-order valence-corrected chi connectivity index (χ0v) is 19.4. The summed E-state index contributed by atoms with van der Waals surface area (Å²) in [7, 11) is 1.58. The highest BCUT2D eigenvalue weighted by Crippen LogP contribution is 2.33. The Labute approximate surface area is 199 Å². The van der Waals surface area contributed by atoms with E-state index in [2.05, 4.69) is 14.9 Å². The van der Waals surface area contributed by atoms with Gasteiger partial charge in [-0.15, -0.1) is 0 Å². The summed E-state index contributed by atoms with van der Waals surface area (Å²) in [5.74, 6) is 1.56. The molecule has 0 atom stereocenters. The van der Waals surface area contributed by atoms with Crippen molar-refractivity contribution in [2.45, 2.75) is 26.2 Å². The van der Waals surface area contributed by atoms with Crippen molar-refractivity contribution < 1.29 is 27.6 Å². The number of nitrogens with zero attached hydrogens (tertiary/aromatic N) is 3. The molecule has 7 nitrogen and oxygen atoms in total. The fraction of sp³-hybridized carbons (Fsp3) is 0.208. The predicted octanol–water partition coefficient (Wildman–Crippen LogP) is 5.58. The number of carbonyl (C=O) groups excluding carboxylic acids is 1. The zero-order valence-electron chi connectivity index (χ0n) is 18.6. The van der Waals surface area contributed by atoms with Gasteiger partial charge in [0.15, 0.2) is 5.17 Å². The third-order valence-electron chi connectivity index (χ3n) is 5.10. The fourth-order valence-corrected chi connectivity index (χ4v) is 4.47. The summed E-state index contributed by atoms with van der Waals surface area (Å²) in [5, 5.41) is 4.42. The molecule has 0 bridgehead atoms. The van der Waals surface area contributed by atoms with Crippen LogP contribution < -0.4 is 14.4 Å². The lowest BCUT2D eigenvalue weighted by Gasteiger charge is -2.18. The largest absolute Gasteiger partial charge is 0.497 e. The summed E-state index contributed by atoms with van der Waals surface area (Å²) in [4.78, 5) is 19.4. The lowest BCUT2D eigenvalue weighted by molar-refractivity contribution is -0.113. The number of ether oxygens (including phenoxy) is 2. The van der Waals surface area contributed by atoms with E-state index >= 15 is 0 Å². The van der Waals surface area contributed by atoms with Crippen LogP contribution in [-0.2, 0) is 10.5 Å². The molecule has 0 saturated carbocycles. The molecule has 4 rings (SSSR count). The Morgan fingerprint density at radius 2 is 1.76 bits per heavy atom. The summed E-state index contributed by atoms with van der Waals surface area (Å²) in [6.45, 7) is 0.746. The van der Waals surface area contributed by atoms with Gasteiger partial charge in [-0.25, -0.2) is 4.99 Å². The van der Waals surface area contributed by atoms with Gasteiger partial charge in [0, 0.05) is 11.3 Å². The lowest BCUT2D eigenvalue weighted by atomic mass is 10.2. The summed E-state index contributed by atoms with van der Waals surface area (Å²) < 4.78 is 39.8. The van der Waals surface area contributed by atoms with Crippen LogP contribution in [0.15, 0.2) is 63.7 Å². The van der Waals surface area contributed by atoms with Crippen molar-refractivity contribution in [3.8, 4) is 11.5 Å². The van der Waals surface area contributed by atoms with Crippen molar-refractivity contribution in [2.24, 2.45) is 4.99 Å². The first kappa shape index (κ1) is 23.5. The quantitative estimate of drug-likeness (QED) is 0.407. The third kappa shape index (κ3) is 5.12. The Balaban J connectivity index is 1.65. The van der Waals surface area contributed by atoms with E-state index in [0.717, 1.165) is 16.8 Å². The highest BCUT2D eigenvalue weighted by molar-refractivity contribution is 8.13. The third-order valence-corrected chi connectivity index (χ3v) is 6.06. The average Bonchev–Trinajstić information content (AvgIpc) is 3.31. The van der Waals surface area contributed by atoms with E-state index in [1.54, 1.807) is 25.3 Å². The number of alkyl halides is 2. The highest BCUT2D eigenvalue weighted by atomic mass is 32.2. The lowest BCUT2D eigenvalue weighted by Crippen LogP contribution is -2.30. The monoisotopic (exact) mass is 485 g/mol. The standard InChI is InChI=1S/C24H21F2N3O4S/c1-14-20(15(2)33-28-14)13-34-24-27-21(12-16-4-8-18(31-3)9-5-16)22(30)29(24)17-6-10-19(11-7-17)32-23(25)26/h4-12,23H,13H2,1-3H3. The van der Waals surface area contributed by atoms with Gasteiger partial charge in [0.2, 0.25) is 0 Å². The molecular weight excluding hydrogens is 464 g/mol.